The quantitative estimate of drug-likeness (QED) is 0.387. The molecule has 33 heavy (non-hydrogen) atoms. The van der Waals surface area contributed by atoms with Crippen LogP contribution >= 0.6 is 11.8 Å². The first-order valence-electron chi connectivity index (χ1n) is 11.1. The van der Waals surface area contributed by atoms with Gasteiger partial charge in [-0.2, -0.15) is 13.1 Å². The van der Waals surface area contributed by atoms with Crippen LogP contribution in [0.2, 0.25) is 0 Å². The molecule has 1 saturated heterocycles. The molecule has 176 valence electrons. The fraction of sp³-hybridized carbons (Fsp3) is 0.435. The summed E-state index contributed by atoms with van der Waals surface area (Å²) < 4.78 is 59.9. The van der Waals surface area contributed by atoms with Gasteiger partial charge in [-0.25, -0.2) is 13.4 Å². The number of ether oxygens (including phenoxy) is 1. The lowest BCUT2D eigenvalue weighted by molar-refractivity contribution is -0.0503. The van der Waals surface area contributed by atoms with Gasteiger partial charge in [0.15, 0.2) is 5.16 Å². The fourth-order valence-electron chi connectivity index (χ4n) is 4.15. The Labute approximate surface area is 196 Å². The number of hydrogen-bond donors (Lipinski definition) is 0. The van der Waals surface area contributed by atoms with E-state index < -0.39 is 16.6 Å². The van der Waals surface area contributed by atoms with Gasteiger partial charge >= 0.3 is 6.61 Å². The number of benzene rings is 2. The number of rotatable bonds is 9. The minimum absolute atomic E-state index is 0.156. The second-order valence-electron chi connectivity index (χ2n) is 8.48. The molecule has 0 radical (unpaired) electrons. The van der Waals surface area contributed by atoms with E-state index >= 15 is 0 Å². The molecular formula is C23H25F2N3O3S2. The van der Waals surface area contributed by atoms with Crippen LogP contribution in [-0.4, -0.2) is 42.0 Å². The maximum absolute atomic E-state index is 13.0. The van der Waals surface area contributed by atoms with Crippen molar-refractivity contribution in [2.45, 2.75) is 54.6 Å². The Morgan fingerprint density at radius 3 is 2.61 bits per heavy atom. The first kappa shape index (κ1) is 22.6. The van der Waals surface area contributed by atoms with Gasteiger partial charge in [0, 0.05) is 31.0 Å². The first-order valence-corrected chi connectivity index (χ1v) is 13.5. The molecule has 1 aliphatic carbocycles. The SMILES string of the molecule is O=S(=O)(c1ccc2c(c1)nc(SCc1ccccc1OC(F)F)n2CC1CC1)N1CCCC1. The zero-order valence-corrected chi connectivity index (χ0v) is 19.6. The highest BCUT2D eigenvalue weighted by molar-refractivity contribution is 7.98. The van der Waals surface area contributed by atoms with Gasteiger partial charge < -0.3 is 9.30 Å². The van der Waals surface area contributed by atoms with E-state index in [2.05, 4.69) is 9.30 Å². The van der Waals surface area contributed by atoms with Crippen LogP contribution in [0.15, 0.2) is 52.5 Å². The summed E-state index contributed by atoms with van der Waals surface area (Å²) >= 11 is 1.44. The van der Waals surface area contributed by atoms with Gasteiger partial charge in [-0.15, -0.1) is 0 Å². The number of fused-ring (bicyclic) bond motifs is 1. The van der Waals surface area contributed by atoms with Gasteiger partial charge in [0.05, 0.1) is 15.9 Å². The molecule has 0 spiro atoms. The van der Waals surface area contributed by atoms with Crippen LogP contribution in [-0.2, 0) is 22.3 Å². The molecule has 2 fully saturated rings. The molecule has 0 N–H and O–H groups in total. The van der Waals surface area contributed by atoms with Gasteiger partial charge in [0.1, 0.15) is 5.75 Å². The molecule has 0 unspecified atom stereocenters. The maximum atomic E-state index is 13.0. The third-order valence-corrected chi connectivity index (χ3v) is 8.99. The minimum Gasteiger partial charge on any atom is -0.435 e. The summed E-state index contributed by atoms with van der Waals surface area (Å²) in [5.74, 6) is 1.16. The lowest BCUT2D eigenvalue weighted by Gasteiger charge is -2.15. The summed E-state index contributed by atoms with van der Waals surface area (Å²) in [6.07, 6.45) is 4.09. The standard InChI is InChI=1S/C23H25F2N3O3S2/c24-22(25)31-21-6-2-1-5-17(21)15-32-23-26-19-13-18(33(29,30)27-11-3-4-12-27)9-10-20(19)28(23)14-16-7-8-16/h1-2,5-6,9-10,13,16,22H,3-4,7-8,11-12,14-15H2. The van der Waals surface area contributed by atoms with Gasteiger partial charge in [0.25, 0.3) is 0 Å². The molecule has 2 heterocycles. The number of imidazole rings is 1. The van der Waals surface area contributed by atoms with Crippen molar-refractivity contribution in [2.24, 2.45) is 5.92 Å². The maximum Gasteiger partial charge on any atom is 0.387 e. The molecule has 5 rings (SSSR count). The zero-order chi connectivity index (χ0) is 23.0. The Morgan fingerprint density at radius 1 is 1.12 bits per heavy atom. The number of thioether (sulfide) groups is 1. The van der Waals surface area contributed by atoms with Crippen molar-refractivity contribution in [3.8, 4) is 5.75 Å². The molecule has 0 bridgehead atoms. The van der Waals surface area contributed by atoms with Crippen LogP contribution in [0, 0.1) is 5.92 Å². The Kier molecular flexibility index (Phi) is 6.32. The van der Waals surface area contributed by atoms with E-state index in [9.17, 15) is 17.2 Å². The molecule has 2 aromatic carbocycles. The third-order valence-electron chi connectivity index (χ3n) is 6.07. The molecule has 1 aliphatic heterocycles. The number of aromatic nitrogens is 2. The van der Waals surface area contributed by atoms with Gasteiger partial charge in [-0.05, 0) is 55.9 Å². The molecular weight excluding hydrogens is 468 g/mol. The lowest BCUT2D eigenvalue weighted by atomic mass is 10.2. The van der Waals surface area contributed by atoms with Crippen LogP contribution in [0.4, 0.5) is 8.78 Å². The van der Waals surface area contributed by atoms with Crippen LogP contribution in [0.3, 0.4) is 0 Å². The van der Waals surface area contributed by atoms with E-state index in [4.69, 9.17) is 4.98 Å². The average Bonchev–Trinajstić information content (AvgIpc) is 3.30. The topological polar surface area (TPSA) is 64.4 Å². The molecule has 0 atom stereocenters. The first-order chi connectivity index (χ1) is 15.9. The highest BCUT2D eigenvalue weighted by atomic mass is 32.2. The molecule has 6 nitrogen and oxygen atoms in total. The predicted octanol–water partition coefficient (Wildman–Crippen LogP) is 5.12. The molecule has 10 heteroatoms. The normalized spacial score (nSPS) is 17.3. The van der Waals surface area contributed by atoms with E-state index in [1.54, 1.807) is 30.3 Å². The van der Waals surface area contributed by atoms with Gasteiger partial charge in [0.2, 0.25) is 10.0 Å². The highest BCUT2D eigenvalue weighted by Crippen LogP contribution is 2.36. The van der Waals surface area contributed by atoms with Gasteiger partial charge in [-0.3, -0.25) is 0 Å². The second-order valence-corrected chi connectivity index (χ2v) is 11.4. The van der Waals surface area contributed by atoms with Crippen molar-refractivity contribution in [3.63, 3.8) is 0 Å². The van der Waals surface area contributed by atoms with Crippen molar-refractivity contribution in [3.05, 3.63) is 48.0 Å². The molecule has 3 aromatic rings. The van der Waals surface area contributed by atoms with E-state index in [0.717, 1.165) is 42.9 Å². The average molecular weight is 494 g/mol. The smallest absolute Gasteiger partial charge is 0.387 e. The summed E-state index contributed by atoms with van der Waals surface area (Å²) in [5, 5.41) is 0.750. The van der Waals surface area contributed by atoms with Crippen LogP contribution < -0.4 is 4.74 Å². The Balaban J connectivity index is 1.45. The Morgan fingerprint density at radius 2 is 1.88 bits per heavy atom. The molecule has 1 aromatic heterocycles. The van der Waals surface area contributed by atoms with Crippen molar-refractivity contribution < 1.29 is 21.9 Å². The van der Waals surface area contributed by atoms with E-state index in [1.807, 2.05) is 6.07 Å². The number of para-hydroxylation sites is 1. The van der Waals surface area contributed by atoms with Crippen molar-refractivity contribution >= 4 is 32.8 Å². The highest BCUT2D eigenvalue weighted by Gasteiger charge is 2.29. The zero-order valence-electron chi connectivity index (χ0n) is 18.0. The number of alkyl halides is 2. The number of halogens is 2. The van der Waals surface area contributed by atoms with Crippen molar-refractivity contribution in [2.75, 3.05) is 13.1 Å². The minimum atomic E-state index is -3.53. The summed E-state index contributed by atoms with van der Waals surface area (Å²) in [7, 11) is -3.53. The van der Waals surface area contributed by atoms with Crippen molar-refractivity contribution in [1.82, 2.24) is 13.9 Å². The van der Waals surface area contributed by atoms with Crippen LogP contribution in [0.1, 0.15) is 31.2 Å². The lowest BCUT2D eigenvalue weighted by Crippen LogP contribution is -2.27. The number of nitrogens with zero attached hydrogens (tertiary/aromatic N) is 3. The molecule has 0 amide bonds. The number of sulfonamides is 1. The summed E-state index contributed by atoms with van der Waals surface area (Å²) in [4.78, 5) is 5.02. The third kappa shape index (κ3) is 4.88. The van der Waals surface area contributed by atoms with Crippen LogP contribution in [0.5, 0.6) is 5.75 Å². The Hall–Kier alpha value is -2.17. The Bertz CT molecular complexity index is 1250. The predicted molar refractivity (Wildman–Crippen MR) is 123 cm³/mol. The van der Waals surface area contributed by atoms with E-state index in [1.165, 1.54) is 22.1 Å². The van der Waals surface area contributed by atoms with Crippen LogP contribution in [0.25, 0.3) is 11.0 Å². The van der Waals surface area contributed by atoms with Crippen molar-refractivity contribution in [1.29, 1.82) is 0 Å². The largest absolute Gasteiger partial charge is 0.435 e. The fourth-order valence-corrected chi connectivity index (χ4v) is 6.70. The van der Waals surface area contributed by atoms with Gasteiger partial charge in [-0.1, -0.05) is 30.0 Å². The van der Waals surface area contributed by atoms with E-state index in [-0.39, 0.29) is 10.6 Å². The van der Waals surface area contributed by atoms with E-state index in [0.29, 0.717) is 35.8 Å². The molecule has 2 aliphatic rings. The molecule has 1 saturated carbocycles. The summed E-state index contributed by atoms with van der Waals surface area (Å²) in [5.41, 5.74) is 2.18. The summed E-state index contributed by atoms with van der Waals surface area (Å²) in [6.45, 7) is -0.965. The summed E-state index contributed by atoms with van der Waals surface area (Å²) in [6, 6.07) is 11.9. The second kappa shape index (κ2) is 9.23. The number of hydrogen-bond acceptors (Lipinski definition) is 5. The monoisotopic (exact) mass is 493 g/mol.